The van der Waals surface area contributed by atoms with E-state index in [9.17, 15) is 4.79 Å². The highest BCUT2D eigenvalue weighted by atomic mass is 35.5. The van der Waals surface area contributed by atoms with Crippen LogP contribution in [0.4, 0.5) is 11.4 Å². The van der Waals surface area contributed by atoms with Gasteiger partial charge in [-0.25, -0.2) is 0 Å². The average molecular weight is 307 g/mol. The Morgan fingerprint density at radius 1 is 1.10 bits per heavy atom. The predicted octanol–water partition coefficient (Wildman–Crippen LogP) is 3.66. The Balaban J connectivity index is 1.95. The van der Waals surface area contributed by atoms with E-state index in [1.165, 1.54) is 0 Å². The summed E-state index contributed by atoms with van der Waals surface area (Å²) in [4.78, 5) is 13.9. The van der Waals surface area contributed by atoms with E-state index in [-0.39, 0.29) is 5.91 Å². The fourth-order valence-corrected chi connectivity index (χ4v) is 2.73. The molecule has 2 aromatic rings. The van der Waals surface area contributed by atoms with Gasteiger partial charge >= 0.3 is 0 Å². The van der Waals surface area contributed by atoms with E-state index in [2.05, 4.69) is 0 Å². The van der Waals surface area contributed by atoms with Crippen LogP contribution < -0.4 is 10.6 Å². The minimum Gasteiger partial charge on any atom is -0.398 e. The van der Waals surface area contributed by atoms with Crippen molar-refractivity contribution in [3.63, 3.8) is 0 Å². The zero-order valence-corrected chi connectivity index (χ0v) is 12.1. The number of nitrogens with two attached hydrogens (primary N) is 1. The molecule has 1 aliphatic heterocycles. The number of carbonyl (C=O) groups excluding carboxylic acids is 1. The van der Waals surface area contributed by atoms with Crippen molar-refractivity contribution in [3.05, 3.63) is 57.6 Å². The van der Waals surface area contributed by atoms with Crippen molar-refractivity contribution >= 4 is 40.5 Å². The highest BCUT2D eigenvalue weighted by Gasteiger charge is 2.27. The van der Waals surface area contributed by atoms with Crippen LogP contribution in [0.2, 0.25) is 10.0 Å². The number of amides is 1. The van der Waals surface area contributed by atoms with Crippen LogP contribution in [-0.4, -0.2) is 5.91 Å². The van der Waals surface area contributed by atoms with Gasteiger partial charge < -0.3 is 10.6 Å². The number of halogens is 2. The molecule has 0 bridgehead atoms. The number of hydrogen-bond donors (Lipinski definition) is 1. The molecule has 0 spiro atoms. The van der Waals surface area contributed by atoms with Gasteiger partial charge in [-0.15, -0.1) is 0 Å². The first-order chi connectivity index (χ1) is 9.54. The van der Waals surface area contributed by atoms with Crippen LogP contribution in [-0.2, 0) is 17.8 Å². The number of nitrogens with zero attached hydrogens (tertiary/aromatic N) is 1. The second kappa shape index (κ2) is 5.00. The van der Waals surface area contributed by atoms with Gasteiger partial charge in [-0.05, 0) is 35.4 Å². The maximum atomic E-state index is 12.1. The lowest BCUT2D eigenvalue weighted by atomic mass is 10.1. The maximum absolute atomic E-state index is 12.1. The van der Waals surface area contributed by atoms with Gasteiger partial charge in [0, 0.05) is 21.4 Å². The van der Waals surface area contributed by atoms with Crippen LogP contribution in [0, 0.1) is 0 Å². The molecule has 0 atom stereocenters. The molecule has 3 nitrogen and oxygen atoms in total. The minimum absolute atomic E-state index is 0.0524. The van der Waals surface area contributed by atoms with E-state index in [0.29, 0.717) is 28.7 Å². The van der Waals surface area contributed by atoms with E-state index >= 15 is 0 Å². The Labute approximate surface area is 126 Å². The Morgan fingerprint density at radius 3 is 2.55 bits per heavy atom. The molecule has 1 amide bonds. The van der Waals surface area contributed by atoms with Gasteiger partial charge in [0.15, 0.2) is 0 Å². The summed E-state index contributed by atoms with van der Waals surface area (Å²) in [5, 5.41) is 1.20. The van der Waals surface area contributed by atoms with E-state index in [1.807, 2.05) is 18.2 Å². The molecule has 1 heterocycles. The zero-order valence-electron chi connectivity index (χ0n) is 10.6. The van der Waals surface area contributed by atoms with Crippen LogP contribution in [0.5, 0.6) is 0 Å². The smallest absolute Gasteiger partial charge is 0.231 e. The molecule has 20 heavy (non-hydrogen) atoms. The first-order valence-electron chi connectivity index (χ1n) is 6.17. The molecule has 0 unspecified atom stereocenters. The van der Waals surface area contributed by atoms with Gasteiger partial charge in [0.05, 0.1) is 13.0 Å². The molecule has 2 aromatic carbocycles. The molecule has 0 aromatic heterocycles. The molecule has 0 saturated heterocycles. The standard InChI is InChI=1S/C15H12Cl2N2O/c16-11-4-2-10(13(18)6-11)8-19-14-7-12(17)3-1-9(14)5-15(19)20/h1-4,6-7H,5,8,18H2. The molecule has 0 radical (unpaired) electrons. The number of fused-ring (bicyclic) bond motifs is 1. The lowest BCUT2D eigenvalue weighted by Gasteiger charge is -2.19. The maximum Gasteiger partial charge on any atom is 0.231 e. The fraction of sp³-hybridized carbons (Fsp3) is 0.133. The molecule has 5 heteroatoms. The van der Waals surface area contributed by atoms with Crippen molar-refractivity contribution < 1.29 is 4.79 Å². The molecular formula is C15H12Cl2N2O. The summed E-state index contributed by atoms with van der Waals surface area (Å²) in [6.07, 6.45) is 0.403. The molecule has 0 saturated carbocycles. The first-order valence-corrected chi connectivity index (χ1v) is 6.93. The number of hydrogen-bond acceptors (Lipinski definition) is 2. The molecular weight excluding hydrogens is 295 g/mol. The second-order valence-corrected chi connectivity index (χ2v) is 5.65. The van der Waals surface area contributed by atoms with E-state index in [4.69, 9.17) is 28.9 Å². The van der Waals surface area contributed by atoms with E-state index < -0.39 is 0 Å². The lowest BCUT2D eigenvalue weighted by molar-refractivity contribution is -0.117. The van der Waals surface area contributed by atoms with Gasteiger partial charge in [0.1, 0.15) is 0 Å². The summed E-state index contributed by atoms with van der Waals surface area (Å²) in [5.41, 5.74) is 9.25. The third-order valence-corrected chi connectivity index (χ3v) is 3.89. The largest absolute Gasteiger partial charge is 0.398 e. The van der Waals surface area contributed by atoms with Gasteiger partial charge in [-0.1, -0.05) is 35.3 Å². The summed E-state index contributed by atoms with van der Waals surface area (Å²) in [6.45, 7) is 0.426. The third kappa shape index (κ3) is 2.35. The monoisotopic (exact) mass is 306 g/mol. The van der Waals surface area contributed by atoms with Crippen LogP contribution in [0.25, 0.3) is 0 Å². The Kier molecular flexibility index (Phi) is 3.32. The third-order valence-electron chi connectivity index (χ3n) is 3.42. The van der Waals surface area contributed by atoms with Gasteiger partial charge in [-0.2, -0.15) is 0 Å². The average Bonchev–Trinajstić information content (AvgIpc) is 2.69. The van der Waals surface area contributed by atoms with Crippen LogP contribution in [0.1, 0.15) is 11.1 Å². The summed E-state index contributed by atoms with van der Waals surface area (Å²) in [7, 11) is 0. The summed E-state index contributed by atoms with van der Waals surface area (Å²) in [6, 6.07) is 10.8. The fourth-order valence-electron chi connectivity index (χ4n) is 2.38. The minimum atomic E-state index is 0.0524. The first kappa shape index (κ1) is 13.3. The SMILES string of the molecule is Nc1cc(Cl)ccc1CN1C(=O)Cc2ccc(Cl)cc21. The highest BCUT2D eigenvalue weighted by molar-refractivity contribution is 6.31. The molecule has 102 valence electrons. The van der Waals surface area contributed by atoms with Crippen LogP contribution in [0.15, 0.2) is 36.4 Å². The predicted molar refractivity (Wildman–Crippen MR) is 82.2 cm³/mol. The summed E-state index contributed by atoms with van der Waals surface area (Å²) in [5.74, 6) is 0.0524. The van der Waals surface area contributed by atoms with E-state index in [1.54, 1.807) is 23.1 Å². The topological polar surface area (TPSA) is 46.3 Å². The van der Waals surface area contributed by atoms with Crippen molar-refractivity contribution in [1.82, 2.24) is 0 Å². The van der Waals surface area contributed by atoms with Crippen molar-refractivity contribution in [1.29, 1.82) is 0 Å². The highest BCUT2D eigenvalue weighted by Crippen LogP contribution is 2.33. The normalized spacial score (nSPS) is 13.7. The molecule has 0 fully saturated rings. The molecule has 1 aliphatic rings. The van der Waals surface area contributed by atoms with Gasteiger partial charge in [0.25, 0.3) is 0 Å². The van der Waals surface area contributed by atoms with Gasteiger partial charge in [-0.3, -0.25) is 4.79 Å². The summed E-state index contributed by atoms with van der Waals surface area (Å²) < 4.78 is 0. The molecule has 2 N–H and O–H groups in total. The van der Waals surface area contributed by atoms with Crippen LogP contribution in [0.3, 0.4) is 0 Å². The zero-order chi connectivity index (χ0) is 14.3. The lowest BCUT2D eigenvalue weighted by Crippen LogP contribution is -2.26. The Bertz CT molecular complexity index is 700. The second-order valence-electron chi connectivity index (χ2n) is 4.77. The number of rotatable bonds is 2. The van der Waals surface area contributed by atoms with E-state index in [0.717, 1.165) is 16.8 Å². The van der Waals surface area contributed by atoms with Crippen molar-refractivity contribution in [2.45, 2.75) is 13.0 Å². The Morgan fingerprint density at radius 2 is 1.80 bits per heavy atom. The quantitative estimate of drug-likeness (QED) is 0.861. The number of benzene rings is 2. The van der Waals surface area contributed by atoms with Gasteiger partial charge in [0.2, 0.25) is 5.91 Å². The summed E-state index contributed by atoms with van der Waals surface area (Å²) >= 11 is 11.9. The molecule has 3 rings (SSSR count). The number of anilines is 2. The van der Waals surface area contributed by atoms with Crippen molar-refractivity contribution in [2.24, 2.45) is 0 Å². The molecule has 0 aliphatic carbocycles. The Hall–Kier alpha value is -1.71. The number of nitrogen functional groups attached to an aromatic ring is 1. The van der Waals surface area contributed by atoms with Crippen molar-refractivity contribution in [2.75, 3.05) is 10.6 Å². The van der Waals surface area contributed by atoms with Crippen molar-refractivity contribution in [3.8, 4) is 0 Å². The number of carbonyl (C=O) groups is 1. The van der Waals surface area contributed by atoms with Crippen LogP contribution >= 0.6 is 23.2 Å².